The van der Waals surface area contributed by atoms with E-state index in [9.17, 15) is 0 Å². The molecule has 0 heterocycles. The molecule has 0 N–H and O–H groups in total. The van der Waals surface area contributed by atoms with Crippen molar-refractivity contribution in [2.45, 2.75) is 13.8 Å². The SMILES string of the molecule is CCN(CC)C(=S)S.[Zn].[Zn]. The average Bonchev–Trinajstić information content (AvgIpc) is 1.69. The van der Waals surface area contributed by atoms with Crippen molar-refractivity contribution >= 4 is 29.2 Å². The van der Waals surface area contributed by atoms with Crippen LogP contribution in [0.25, 0.3) is 0 Å². The molecule has 0 amide bonds. The van der Waals surface area contributed by atoms with Gasteiger partial charge in [-0.2, -0.15) is 0 Å². The van der Waals surface area contributed by atoms with Crippen molar-refractivity contribution in [2.24, 2.45) is 0 Å². The normalized spacial score (nSPS) is 7.10. The van der Waals surface area contributed by atoms with Crippen LogP contribution in [0.1, 0.15) is 13.8 Å². The minimum Gasteiger partial charge on any atom is -0.358 e. The van der Waals surface area contributed by atoms with E-state index in [1.807, 2.05) is 4.90 Å². The van der Waals surface area contributed by atoms with Crippen LogP contribution in [0.15, 0.2) is 0 Å². The zero-order valence-electron chi connectivity index (χ0n) is 6.63. The summed E-state index contributed by atoms with van der Waals surface area (Å²) in [7, 11) is 0. The van der Waals surface area contributed by atoms with E-state index >= 15 is 0 Å². The Hall–Kier alpha value is 1.49. The van der Waals surface area contributed by atoms with E-state index in [4.69, 9.17) is 12.2 Å². The third kappa shape index (κ3) is 7.59. The van der Waals surface area contributed by atoms with Crippen LogP contribution >= 0.6 is 24.8 Å². The molecule has 0 aliphatic heterocycles. The first-order valence-electron chi connectivity index (χ1n) is 2.70. The van der Waals surface area contributed by atoms with Crippen molar-refractivity contribution in [1.29, 1.82) is 0 Å². The van der Waals surface area contributed by atoms with Crippen LogP contribution in [0.5, 0.6) is 0 Å². The minimum absolute atomic E-state index is 0. The van der Waals surface area contributed by atoms with Crippen LogP contribution in [-0.4, -0.2) is 22.3 Å². The standard InChI is InChI=1S/C5H11NS2.2Zn/c1-3-6(4-2)5(7)8;;/h3-4H2,1-2H3,(H,7,8);;. The van der Waals surface area contributed by atoms with Crippen molar-refractivity contribution in [3.63, 3.8) is 0 Å². The Balaban J connectivity index is -0.000000245. The molecule has 0 saturated carbocycles. The predicted octanol–water partition coefficient (Wildman–Crippen LogP) is 1.54. The van der Waals surface area contributed by atoms with Gasteiger partial charge in [-0.05, 0) is 13.8 Å². The summed E-state index contributed by atoms with van der Waals surface area (Å²) >= 11 is 8.82. The van der Waals surface area contributed by atoms with Gasteiger partial charge < -0.3 is 4.90 Å². The molecular weight excluding hydrogens is 269 g/mol. The number of thiol groups is 1. The molecule has 0 radical (unpaired) electrons. The van der Waals surface area contributed by atoms with Crippen molar-refractivity contribution < 1.29 is 39.0 Å². The van der Waals surface area contributed by atoms with Crippen molar-refractivity contribution in [3.8, 4) is 0 Å². The van der Waals surface area contributed by atoms with Crippen LogP contribution in [0.2, 0.25) is 0 Å². The number of rotatable bonds is 2. The molecule has 5 heteroatoms. The van der Waals surface area contributed by atoms with E-state index in [1.165, 1.54) is 0 Å². The van der Waals surface area contributed by atoms with Gasteiger partial charge in [0.1, 0.15) is 4.32 Å². The smallest absolute Gasteiger partial charge is 0.133 e. The summed E-state index contributed by atoms with van der Waals surface area (Å²) in [6.45, 7) is 6.04. The molecule has 0 aliphatic carbocycles. The van der Waals surface area contributed by atoms with Gasteiger partial charge in [0.2, 0.25) is 0 Å². The summed E-state index contributed by atoms with van der Waals surface area (Å²) in [5, 5.41) is 0. The first-order valence-corrected chi connectivity index (χ1v) is 3.55. The molecule has 0 aromatic heterocycles. The van der Waals surface area contributed by atoms with E-state index in [1.54, 1.807) is 0 Å². The molecule has 0 atom stereocenters. The molecular formula is C5H11NS2Zn2. The Kier molecular flexibility index (Phi) is 18.4. The van der Waals surface area contributed by atoms with Crippen LogP contribution < -0.4 is 0 Å². The first kappa shape index (κ1) is 17.5. The number of nitrogens with zero attached hydrogens (tertiary/aromatic N) is 1. The molecule has 0 aromatic carbocycles. The fourth-order valence-electron chi connectivity index (χ4n) is 0.494. The largest absolute Gasteiger partial charge is 0.358 e. The zero-order chi connectivity index (χ0) is 6.57. The van der Waals surface area contributed by atoms with E-state index in [0.717, 1.165) is 13.1 Å². The van der Waals surface area contributed by atoms with Gasteiger partial charge in [-0.1, -0.05) is 12.2 Å². The Morgan fingerprint density at radius 3 is 1.60 bits per heavy atom. The predicted molar refractivity (Wildman–Crippen MR) is 44.5 cm³/mol. The van der Waals surface area contributed by atoms with Crippen molar-refractivity contribution in [2.75, 3.05) is 13.1 Å². The Morgan fingerprint density at radius 1 is 1.30 bits per heavy atom. The molecule has 0 aromatic rings. The Morgan fingerprint density at radius 2 is 1.60 bits per heavy atom. The molecule has 0 rings (SSSR count). The van der Waals surface area contributed by atoms with Gasteiger partial charge in [0.25, 0.3) is 0 Å². The Labute approximate surface area is 99.2 Å². The summed E-state index contributed by atoms with van der Waals surface area (Å²) < 4.78 is 0.690. The number of hydrogen-bond acceptors (Lipinski definition) is 1. The molecule has 0 aliphatic rings. The molecule has 1 nitrogen and oxygen atoms in total. The minimum atomic E-state index is 0. The third-order valence-corrected chi connectivity index (χ3v) is 1.58. The van der Waals surface area contributed by atoms with Crippen LogP contribution in [0, 0.1) is 0 Å². The molecule has 0 bridgehead atoms. The maximum Gasteiger partial charge on any atom is 0.133 e. The number of thiocarbonyl (C=S) groups is 1. The second kappa shape index (κ2) is 10.5. The summed E-state index contributed by atoms with van der Waals surface area (Å²) in [4.78, 5) is 2.01. The van der Waals surface area contributed by atoms with Gasteiger partial charge in [-0.25, -0.2) is 0 Å². The van der Waals surface area contributed by atoms with Crippen molar-refractivity contribution in [3.05, 3.63) is 0 Å². The van der Waals surface area contributed by atoms with Crippen LogP contribution in [0.3, 0.4) is 0 Å². The summed E-state index contributed by atoms with van der Waals surface area (Å²) in [6.07, 6.45) is 0. The fraction of sp³-hybridized carbons (Fsp3) is 0.800. The Bertz CT molecular complexity index is 85.7. The topological polar surface area (TPSA) is 3.24 Å². The van der Waals surface area contributed by atoms with Crippen molar-refractivity contribution in [1.82, 2.24) is 4.90 Å². The van der Waals surface area contributed by atoms with Gasteiger partial charge in [0.05, 0.1) is 0 Å². The monoisotopic (exact) mass is 277 g/mol. The molecule has 10 heavy (non-hydrogen) atoms. The number of hydrogen-bond donors (Lipinski definition) is 1. The molecule has 0 saturated heterocycles. The third-order valence-electron chi connectivity index (χ3n) is 1.03. The summed E-state index contributed by atoms with van der Waals surface area (Å²) in [5.41, 5.74) is 0. The van der Waals surface area contributed by atoms with Crippen LogP contribution in [0.4, 0.5) is 0 Å². The molecule has 52 valence electrons. The maximum absolute atomic E-state index is 4.81. The van der Waals surface area contributed by atoms with Gasteiger partial charge in [0.15, 0.2) is 0 Å². The first-order chi connectivity index (χ1) is 3.72. The average molecular weight is 280 g/mol. The van der Waals surface area contributed by atoms with E-state index in [-0.39, 0.29) is 39.0 Å². The molecule has 0 unspecified atom stereocenters. The molecule has 0 fully saturated rings. The summed E-state index contributed by atoms with van der Waals surface area (Å²) in [6, 6.07) is 0. The van der Waals surface area contributed by atoms with E-state index in [2.05, 4.69) is 26.5 Å². The van der Waals surface area contributed by atoms with Gasteiger partial charge in [-0.15, -0.1) is 12.6 Å². The van der Waals surface area contributed by atoms with Crippen LogP contribution in [-0.2, 0) is 39.0 Å². The van der Waals surface area contributed by atoms with Gasteiger partial charge in [-0.3, -0.25) is 0 Å². The summed E-state index contributed by atoms with van der Waals surface area (Å²) in [5.74, 6) is 0. The van der Waals surface area contributed by atoms with Gasteiger partial charge >= 0.3 is 0 Å². The van der Waals surface area contributed by atoms with E-state index in [0.29, 0.717) is 4.32 Å². The maximum atomic E-state index is 4.81. The zero-order valence-corrected chi connectivity index (χ0v) is 14.3. The van der Waals surface area contributed by atoms with E-state index < -0.39 is 0 Å². The van der Waals surface area contributed by atoms with Gasteiger partial charge in [0, 0.05) is 52.0 Å². The fourth-order valence-corrected chi connectivity index (χ4v) is 1.04. The second-order valence-electron chi connectivity index (χ2n) is 1.45. The quantitative estimate of drug-likeness (QED) is 0.464. The molecule has 0 spiro atoms. The second-order valence-corrected chi connectivity index (χ2v) is 2.57.